The molecule has 0 aliphatic carbocycles. The van der Waals surface area contributed by atoms with Crippen LogP contribution in [0.5, 0.6) is 11.5 Å². The fourth-order valence-electron chi connectivity index (χ4n) is 2.03. The van der Waals surface area contributed by atoms with Crippen LogP contribution in [0.1, 0.15) is 5.56 Å². The Labute approximate surface area is 155 Å². The Balaban J connectivity index is 1.90. The highest BCUT2D eigenvalue weighted by molar-refractivity contribution is 7.99. The third-order valence-electron chi connectivity index (χ3n) is 3.21. The second-order valence-electron chi connectivity index (χ2n) is 4.81. The molecule has 1 N–H and O–H groups in total. The molecule has 2 aromatic carbocycles. The zero-order valence-electron chi connectivity index (χ0n) is 13.3. The first-order valence-corrected chi connectivity index (χ1v) is 8.98. The molecule has 24 heavy (non-hydrogen) atoms. The number of rotatable bonds is 7. The SMILES string of the molecule is COc1ccc(NC(=O)CSCc2c(Cl)cccc2Cl)cc1OC. The molecule has 0 saturated carbocycles. The smallest absolute Gasteiger partial charge is 0.234 e. The molecule has 0 saturated heterocycles. The molecule has 1 amide bonds. The Morgan fingerprint density at radius 3 is 2.38 bits per heavy atom. The van der Waals surface area contributed by atoms with Gasteiger partial charge in [-0.2, -0.15) is 0 Å². The van der Waals surface area contributed by atoms with E-state index in [0.717, 1.165) is 5.56 Å². The molecule has 128 valence electrons. The van der Waals surface area contributed by atoms with E-state index >= 15 is 0 Å². The third kappa shape index (κ3) is 4.97. The number of ether oxygens (including phenoxy) is 2. The highest BCUT2D eigenvalue weighted by Gasteiger charge is 2.09. The van der Waals surface area contributed by atoms with Crippen molar-refractivity contribution < 1.29 is 14.3 Å². The molecule has 0 radical (unpaired) electrons. The zero-order valence-corrected chi connectivity index (χ0v) is 15.6. The number of carbonyl (C=O) groups excluding carboxylic acids is 1. The predicted octanol–water partition coefficient (Wildman–Crippen LogP) is 4.88. The average Bonchev–Trinajstić information content (AvgIpc) is 2.57. The Hall–Kier alpha value is -1.56. The van der Waals surface area contributed by atoms with Gasteiger partial charge in [0.05, 0.1) is 20.0 Å². The Morgan fingerprint density at radius 2 is 1.75 bits per heavy atom. The van der Waals surface area contributed by atoms with Crippen LogP contribution in [0.2, 0.25) is 10.0 Å². The van der Waals surface area contributed by atoms with Crippen molar-refractivity contribution in [3.05, 3.63) is 52.0 Å². The molecule has 0 unspecified atom stereocenters. The molecule has 0 fully saturated rings. The average molecular weight is 386 g/mol. The van der Waals surface area contributed by atoms with Gasteiger partial charge in [0.1, 0.15) is 0 Å². The molecule has 0 bridgehead atoms. The van der Waals surface area contributed by atoms with Crippen molar-refractivity contribution in [3.8, 4) is 11.5 Å². The minimum atomic E-state index is -0.115. The predicted molar refractivity (Wildman–Crippen MR) is 101 cm³/mol. The van der Waals surface area contributed by atoms with Crippen LogP contribution in [0, 0.1) is 0 Å². The highest BCUT2D eigenvalue weighted by atomic mass is 35.5. The normalized spacial score (nSPS) is 10.3. The molecule has 2 aromatic rings. The lowest BCUT2D eigenvalue weighted by Gasteiger charge is -2.11. The maximum absolute atomic E-state index is 12.1. The topological polar surface area (TPSA) is 47.6 Å². The van der Waals surface area contributed by atoms with Gasteiger partial charge in [0, 0.05) is 27.6 Å². The van der Waals surface area contributed by atoms with Gasteiger partial charge in [0.2, 0.25) is 5.91 Å². The van der Waals surface area contributed by atoms with E-state index < -0.39 is 0 Å². The summed E-state index contributed by atoms with van der Waals surface area (Å²) in [5, 5.41) is 4.04. The Morgan fingerprint density at radius 1 is 1.08 bits per heavy atom. The molecule has 0 aliphatic rings. The summed E-state index contributed by atoms with van der Waals surface area (Å²) < 4.78 is 10.4. The summed E-state index contributed by atoms with van der Waals surface area (Å²) in [6.07, 6.45) is 0. The first kappa shape index (κ1) is 18.8. The number of nitrogens with one attached hydrogen (secondary N) is 1. The van der Waals surface area contributed by atoms with Gasteiger partial charge in [-0.05, 0) is 29.8 Å². The lowest BCUT2D eigenvalue weighted by atomic mass is 10.2. The van der Waals surface area contributed by atoms with Crippen molar-refractivity contribution in [2.24, 2.45) is 0 Å². The molecular formula is C17H17Cl2NO3S. The maximum Gasteiger partial charge on any atom is 0.234 e. The van der Waals surface area contributed by atoms with Crippen LogP contribution in [0.15, 0.2) is 36.4 Å². The quantitative estimate of drug-likeness (QED) is 0.737. The van der Waals surface area contributed by atoms with E-state index in [1.165, 1.54) is 11.8 Å². The number of carbonyl (C=O) groups is 1. The summed E-state index contributed by atoms with van der Waals surface area (Å²) in [6, 6.07) is 10.6. The third-order valence-corrected chi connectivity index (χ3v) is 4.88. The second-order valence-corrected chi connectivity index (χ2v) is 6.61. The van der Waals surface area contributed by atoms with Crippen LogP contribution >= 0.6 is 35.0 Å². The van der Waals surface area contributed by atoms with Crippen molar-refractivity contribution in [1.29, 1.82) is 0 Å². The molecule has 2 rings (SSSR count). The number of methoxy groups -OCH3 is 2. The van der Waals surface area contributed by atoms with Crippen LogP contribution in [0.3, 0.4) is 0 Å². The maximum atomic E-state index is 12.1. The van der Waals surface area contributed by atoms with Crippen molar-refractivity contribution in [2.75, 3.05) is 25.3 Å². The van der Waals surface area contributed by atoms with Gasteiger partial charge in [-0.1, -0.05) is 29.3 Å². The zero-order chi connectivity index (χ0) is 17.5. The van der Waals surface area contributed by atoms with Gasteiger partial charge >= 0.3 is 0 Å². The van der Waals surface area contributed by atoms with Crippen LogP contribution in [-0.4, -0.2) is 25.9 Å². The molecule has 7 heteroatoms. The van der Waals surface area contributed by atoms with Crippen LogP contribution in [0.25, 0.3) is 0 Å². The summed E-state index contributed by atoms with van der Waals surface area (Å²) in [6.45, 7) is 0. The van der Waals surface area contributed by atoms with Crippen molar-refractivity contribution in [2.45, 2.75) is 5.75 Å². The van der Waals surface area contributed by atoms with Gasteiger partial charge in [-0.3, -0.25) is 4.79 Å². The van der Waals surface area contributed by atoms with Crippen molar-refractivity contribution >= 4 is 46.6 Å². The van der Waals surface area contributed by atoms with Crippen molar-refractivity contribution in [1.82, 2.24) is 0 Å². The first-order valence-electron chi connectivity index (χ1n) is 7.07. The highest BCUT2D eigenvalue weighted by Crippen LogP contribution is 2.30. The second kappa shape index (κ2) is 9.06. The van der Waals surface area contributed by atoms with Gasteiger partial charge in [-0.25, -0.2) is 0 Å². The molecule has 0 heterocycles. The number of hydrogen-bond acceptors (Lipinski definition) is 4. The monoisotopic (exact) mass is 385 g/mol. The standard InChI is InChI=1S/C17H17Cl2NO3S/c1-22-15-7-6-11(8-16(15)23-2)20-17(21)10-24-9-12-13(18)4-3-5-14(12)19/h3-8H,9-10H2,1-2H3,(H,20,21). The number of amides is 1. The lowest BCUT2D eigenvalue weighted by molar-refractivity contribution is -0.113. The van der Waals surface area contributed by atoms with E-state index in [2.05, 4.69) is 5.32 Å². The van der Waals surface area contributed by atoms with E-state index in [4.69, 9.17) is 32.7 Å². The van der Waals surface area contributed by atoms with E-state index in [1.54, 1.807) is 50.6 Å². The fraction of sp³-hybridized carbons (Fsp3) is 0.235. The summed E-state index contributed by atoms with van der Waals surface area (Å²) in [5.74, 6) is 1.91. The lowest BCUT2D eigenvalue weighted by Crippen LogP contribution is -2.14. The Bertz CT molecular complexity index is 705. The summed E-state index contributed by atoms with van der Waals surface area (Å²) >= 11 is 13.7. The molecule has 0 aliphatic heterocycles. The van der Waals surface area contributed by atoms with E-state index in [9.17, 15) is 4.79 Å². The van der Waals surface area contributed by atoms with E-state index in [0.29, 0.717) is 33.0 Å². The van der Waals surface area contributed by atoms with Crippen LogP contribution in [-0.2, 0) is 10.5 Å². The number of benzene rings is 2. The van der Waals surface area contributed by atoms with Crippen molar-refractivity contribution in [3.63, 3.8) is 0 Å². The number of anilines is 1. The van der Waals surface area contributed by atoms with Gasteiger partial charge in [-0.15, -0.1) is 11.8 Å². The molecule has 4 nitrogen and oxygen atoms in total. The first-order chi connectivity index (χ1) is 11.5. The Kier molecular flexibility index (Phi) is 7.09. The number of halogens is 2. The number of hydrogen-bond donors (Lipinski definition) is 1. The van der Waals surface area contributed by atoms with E-state index in [-0.39, 0.29) is 11.7 Å². The largest absolute Gasteiger partial charge is 0.493 e. The van der Waals surface area contributed by atoms with Gasteiger partial charge < -0.3 is 14.8 Å². The van der Waals surface area contributed by atoms with Gasteiger partial charge in [0.15, 0.2) is 11.5 Å². The fourth-order valence-corrected chi connectivity index (χ4v) is 3.59. The molecular weight excluding hydrogens is 369 g/mol. The molecule has 0 spiro atoms. The minimum Gasteiger partial charge on any atom is -0.493 e. The number of thioether (sulfide) groups is 1. The van der Waals surface area contributed by atoms with Crippen LogP contribution in [0.4, 0.5) is 5.69 Å². The minimum absolute atomic E-state index is 0.115. The van der Waals surface area contributed by atoms with Crippen LogP contribution < -0.4 is 14.8 Å². The van der Waals surface area contributed by atoms with E-state index in [1.807, 2.05) is 0 Å². The van der Waals surface area contributed by atoms with Gasteiger partial charge in [0.25, 0.3) is 0 Å². The summed E-state index contributed by atoms with van der Waals surface area (Å²) in [5.41, 5.74) is 1.48. The summed E-state index contributed by atoms with van der Waals surface area (Å²) in [7, 11) is 3.11. The summed E-state index contributed by atoms with van der Waals surface area (Å²) in [4.78, 5) is 12.1. The molecule has 0 aromatic heterocycles. The molecule has 0 atom stereocenters.